The molecule has 2 aliphatic carbocycles. The molecule has 0 amide bonds. The van der Waals surface area contributed by atoms with Crippen molar-refractivity contribution in [1.29, 1.82) is 0 Å². The zero-order valence-corrected chi connectivity index (χ0v) is 30.0. The summed E-state index contributed by atoms with van der Waals surface area (Å²) < 4.78 is 6.75. The third-order valence-electron chi connectivity index (χ3n) is 12.6. The van der Waals surface area contributed by atoms with E-state index in [4.69, 9.17) is 4.74 Å². The van der Waals surface area contributed by atoms with Gasteiger partial charge in [-0.05, 0) is 102 Å². The van der Waals surface area contributed by atoms with Crippen LogP contribution < -0.4 is 4.74 Å². The van der Waals surface area contributed by atoms with E-state index in [2.05, 4.69) is 206 Å². The number of benzene rings is 9. The maximum absolute atomic E-state index is 6.75. The van der Waals surface area contributed by atoms with Crippen LogP contribution >= 0.6 is 0 Å². The van der Waals surface area contributed by atoms with Gasteiger partial charge in [0.2, 0.25) is 0 Å². The second-order valence-corrected chi connectivity index (χ2v) is 15.1. The van der Waals surface area contributed by atoms with Crippen molar-refractivity contribution < 1.29 is 4.74 Å². The van der Waals surface area contributed by atoms with E-state index in [1.54, 1.807) is 0 Å². The summed E-state index contributed by atoms with van der Waals surface area (Å²) in [5, 5.41) is 2.63. The Bertz CT molecular complexity index is 2970. The highest BCUT2D eigenvalue weighted by Gasteiger charge is 2.50. The van der Waals surface area contributed by atoms with E-state index < -0.39 is 10.8 Å². The first kappa shape index (κ1) is 30.5. The standard InChI is InChI=1S/C54H34O/c1-3-17-38(18-4-1)53(39-19-5-2-6-20-39)47-26-11-12-28-50(47)55-51-32-30-37(34-49(51)53)36-29-31-46-43(33-36)41-22-8-10-25-45(41)54(46)44-24-9-7-21-40(44)42-23-13-15-35-16-14-27-48(54)52(35)42/h1-34H. The Morgan fingerprint density at radius 3 is 1.53 bits per heavy atom. The molecule has 55 heavy (non-hydrogen) atoms. The molecule has 256 valence electrons. The van der Waals surface area contributed by atoms with E-state index in [0.717, 1.165) is 28.2 Å². The molecule has 0 aromatic heterocycles. The third kappa shape index (κ3) is 3.92. The quantitative estimate of drug-likeness (QED) is 0.178. The fourth-order valence-electron chi connectivity index (χ4n) is 10.5. The van der Waals surface area contributed by atoms with Crippen molar-refractivity contribution in [3.63, 3.8) is 0 Å². The summed E-state index contributed by atoms with van der Waals surface area (Å²) >= 11 is 0. The molecule has 1 aliphatic heterocycles. The molecule has 1 nitrogen and oxygen atoms in total. The van der Waals surface area contributed by atoms with Crippen molar-refractivity contribution in [3.8, 4) is 44.9 Å². The highest BCUT2D eigenvalue weighted by atomic mass is 16.5. The topological polar surface area (TPSA) is 9.23 Å². The van der Waals surface area contributed by atoms with Gasteiger partial charge < -0.3 is 4.74 Å². The van der Waals surface area contributed by atoms with Gasteiger partial charge in [0.25, 0.3) is 0 Å². The minimum atomic E-state index is -0.575. The van der Waals surface area contributed by atoms with E-state index in [1.807, 2.05) is 0 Å². The summed E-state index contributed by atoms with van der Waals surface area (Å²) in [6, 6.07) is 76.2. The van der Waals surface area contributed by atoms with E-state index >= 15 is 0 Å². The van der Waals surface area contributed by atoms with Crippen LogP contribution in [0.25, 0.3) is 44.2 Å². The lowest BCUT2D eigenvalue weighted by Gasteiger charge is -2.41. The van der Waals surface area contributed by atoms with Crippen LogP contribution in [0.1, 0.15) is 44.5 Å². The fraction of sp³-hybridized carbons (Fsp3) is 0.0370. The summed E-state index contributed by atoms with van der Waals surface area (Å²) in [5.41, 5.74) is 16.7. The van der Waals surface area contributed by atoms with Crippen molar-refractivity contribution >= 4 is 10.8 Å². The molecular formula is C54H34O. The Hall–Kier alpha value is -6.96. The van der Waals surface area contributed by atoms with Crippen LogP contribution in [0.15, 0.2) is 206 Å². The SMILES string of the molecule is c1ccc(C2(c3ccccc3)c3ccccc3Oc3ccc(-c4ccc5c(c4)-c4ccccc4C54c5ccccc5-c5cccc6cccc4c56)cc32)cc1. The van der Waals surface area contributed by atoms with E-state index in [1.165, 1.54) is 72.0 Å². The Morgan fingerprint density at radius 2 is 0.800 bits per heavy atom. The second-order valence-electron chi connectivity index (χ2n) is 15.1. The summed E-state index contributed by atoms with van der Waals surface area (Å²) in [4.78, 5) is 0. The van der Waals surface area contributed by atoms with Gasteiger partial charge in [-0.25, -0.2) is 0 Å². The molecule has 1 heteroatoms. The van der Waals surface area contributed by atoms with Gasteiger partial charge in [0.05, 0.1) is 10.8 Å². The third-order valence-corrected chi connectivity index (χ3v) is 12.6. The molecule has 3 aliphatic rings. The van der Waals surface area contributed by atoms with Gasteiger partial charge in [-0.1, -0.05) is 182 Å². The van der Waals surface area contributed by atoms with Gasteiger partial charge in [-0.2, -0.15) is 0 Å². The normalized spacial score (nSPS) is 16.4. The molecule has 1 spiro atoms. The van der Waals surface area contributed by atoms with Crippen LogP contribution in [-0.4, -0.2) is 0 Å². The zero-order valence-electron chi connectivity index (χ0n) is 30.0. The highest BCUT2D eigenvalue weighted by Crippen LogP contribution is 2.62. The maximum Gasteiger partial charge on any atom is 0.132 e. The first-order valence-corrected chi connectivity index (χ1v) is 19.2. The summed E-state index contributed by atoms with van der Waals surface area (Å²) in [6.45, 7) is 0. The van der Waals surface area contributed by atoms with E-state index in [0.29, 0.717) is 0 Å². The number of hydrogen-bond donors (Lipinski definition) is 0. The molecule has 0 fully saturated rings. The number of ether oxygens (including phenoxy) is 1. The minimum Gasteiger partial charge on any atom is -0.457 e. The van der Waals surface area contributed by atoms with E-state index in [-0.39, 0.29) is 0 Å². The van der Waals surface area contributed by atoms with Gasteiger partial charge >= 0.3 is 0 Å². The van der Waals surface area contributed by atoms with Crippen LogP contribution in [0.5, 0.6) is 11.5 Å². The van der Waals surface area contributed by atoms with Gasteiger partial charge in [0.15, 0.2) is 0 Å². The molecule has 0 saturated heterocycles. The molecule has 0 bridgehead atoms. The predicted molar refractivity (Wildman–Crippen MR) is 224 cm³/mol. The van der Waals surface area contributed by atoms with Crippen LogP contribution in [0, 0.1) is 0 Å². The fourth-order valence-corrected chi connectivity index (χ4v) is 10.5. The number of para-hydroxylation sites is 1. The second kappa shape index (κ2) is 11.3. The highest BCUT2D eigenvalue weighted by molar-refractivity contribution is 6.07. The lowest BCUT2D eigenvalue weighted by atomic mass is 9.61. The first-order valence-electron chi connectivity index (χ1n) is 19.2. The lowest BCUT2D eigenvalue weighted by molar-refractivity contribution is 0.434. The Balaban J connectivity index is 1.12. The van der Waals surface area contributed by atoms with Gasteiger partial charge in [-0.3, -0.25) is 0 Å². The van der Waals surface area contributed by atoms with Gasteiger partial charge in [-0.15, -0.1) is 0 Å². The number of fused-ring (bicyclic) bond motifs is 11. The Kier molecular flexibility index (Phi) is 6.25. The molecule has 0 N–H and O–H groups in total. The van der Waals surface area contributed by atoms with Crippen molar-refractivity contribution in [3.05, 3.63) is 251 Å². The lowest BCUT2D eigenvalue weighted by Crippen LogP contribution is -2.34. The first-order chi connectivity index (χ1) is 27.3. The monoisotopic (exact) mass is 698 g/mol. The Labute approximate surface area is 320 Å². The molecule has 0 radical (unpaired) electrons. The van der Waals surface area contributed by atoms with Crippen molar-refractivity contribution in [2.24, 2.45) is 0 Å². The smallest absolute Gasteiger partial charge is 0.132 e. The molecule has 0 saturated carbocycles. The number of rotatable bonds is 3. The molecule has 1 unspecified atom stereocenters. The van der Waals surface area contributed by atoms with Crippen molar-refractivity contribution in [2.45, 2.75) is 10.8 Å². The average molecular weight is 699 g/mol. The van der Waals surface area contributed by atoms with Crippen LogP contribution in [0.2, 0.25) is 0 Å². The number of hydrogen-bond acceptors (Lipinski definition) is 1. The Morgan fingerprint density at radius 1 is 0.291 bits per heavy atom. The maximum atomic E-state index is 6.75. The predicted octanol–water partition coefficient (Wildman–Crippen LogP) is 13.3. The molecular weight excluding hydrogens is 665 g/mol. The molecule has 9 aromatic carbocycles. The zero-order chi connectivity index (χ0) is 36.1. The van der Waals surface area contributed by atoms with Crippen LogP contribution in [0.3, 0.4) is 0 Å². The van der Waals surface area contributed by atoms with Crippen LogP contribution in [0.4, 0.5) is 0 Å². The molecule has 12 rings (SSSR count). The van der Waals surface area contributed by atoms with Crippen molar-refractivity contribution in [1.82, 2.24) is 0 Å². The molecule has 1 atom stereocenters. The molecule has 1 heterocycles. The van der Waals surface area contributed by atoms with Crippen molar-refractivity contribution in [2.75, 3.05) is 0 Å². The molecule has 9 aromatic rings. The largest absolute Gasteiger partial charge is 0.457 e. The summed E-state index contributed by atoms with van der Waals surface area (Å²) in [6.07, 6.45) is 0. The average Bonchev–Trinajstić information content (AvgIpc) is 3.55. The van der Waals surface area contributed by atoms with Crippen LogP contribution in [-0.2, 0) is 10.8 Å². The minimum absolute atomic E-state index is 0.432. The summed E-state index contributed by atoms with van der Waals surface area (Å²) in [5.74, 6) is 1.77. The van der Waals surface area contributed by atoms with Gasteiger partial charge in [0, 0.05) is 11.1 Å². The summed E-state index contributed by atoms with van der Waals surface area (Å²) in [7, 11) is 0. The van der Waals surface area contributed by atoms with Gasteiger partial charge in [0.1, 0.15) is 11.5 Å². The van der Waals surface area contributed by atoms with E-state index in [9.17, 15) is 0 Å².